The van der Waals surface area contributed by atoms with Gasteiger partial charge in [-0.2, -0.15) is 4.31 Å². The minimum Gasteiger partial charge on any atom is -0.481 e. The number of carboxylic acid groups (broad SMARTS) is 1. The van der Waals surface area contributed by atoms with Crippen LogP contribution in [0.25, 0.3) is 0 Å². The molecule has 1 amide bonds. The molecule has 2 aliphatic carbocycles. The zero-order valence-corrected chi connectivity index (χ0v) is 19.4. The maximum absolute atomic E-state index is 13.4. The summed E-state index contributed by atoms with van der Waals surface area (Å²) < 4.78 is 28.2. The highest BCUT2D eigenvalue weighted by Gasteiger charge is 2.41. The number of hydrogen-bond donors (Lipinski definition) is 4. The first-order valence-corrected chi connectivity index (χ1v) is 13.3. The first-order chi connectivity index (χ1) is 15.2. The van der Waals surface area contributed by atoms with Crippen molar-refractivity contribution in [3.63, 3.8) is 0 Å². The van der Waals surface area contributed by atoms with Crippen molar-refractivity contribution in [3.8, 4) is 0 Å². The van der Waals surface area contributed by atoms with E-state index in [4.69, 9.17) is 11.5 Å². The zero-order chi connectivity index (χ0) is 23.3. The number of sulfonamides is 1. The van der Waals surface area contributed by atoms with Gasteiger partial charge < -0.3 is 21.9 Å². The summed E-state index contributed by atoms with van der Waals surface area (Å²) >= 11 is 0. The predicted molar refractivity (Wildman–Crippen MR) is 121 cm³/mol. The van der Waals surface area contributed by atoms with E-state index in [0.29, 0.717) is 38.6 Å². The Bertz CT molecular complexity index is 813. The summed E-state index contributed by atoms with van der Waals surface area (Å²) in [6.45, 7) is 0.377. The van der Waals surface area contributed by atoms with Gasteiger partial charge in [-0.1, -0.05) is 19.3 Å². The van der Waals surface area contributed by atoms with Crippen LogP contribution in [-0.4, -0.2) is 65.6 Å². The quantitative estimate of drug-likeness (QED) is 0.316. The van der Waals surface area contributed by atoms with Crippen molar-refractivity contribution in [1.82, 2.24) is 9.62 Å². The van der Waals surface area contributed by atoms with E-state index in [9.17, 15) is 23.1 Å². The first-order valence-electron chi connectivity index (χ1n) is 11.8. The molecule has 1 heterocycles. The molecule has 10 nitrogen and oxygen atoms in total. The Morgan fingerprint density at radius 2 is 1.75 bits per heavy atom. The number of nitrogens with two attached hydrogens (primary N) is 2. The molecular weight excluding hydrogens is 434 g/mol. The van der Waals surface area contributed by atoms with E-state index in [1.165, 1.54) is 4.31 Å². The number of carboxylic acids is 1. The highest BCUT2D eigenvalue weighted by molar-refractivity contribution is 7.89. The molecular formula is C21H37N5O5S. The second-order valence-corrected chi connectivity index (χ2v) is 11.6. The maximum Gasteiger partial charge on any atom is 0.304 e. The summed E-state index contributed by atoms with van der Waals surface area (Å²) in [5.41, 5.74) is 11.0. The summed E-state index contributed by atoms with van der Waals surface area (Å²) in [5, 5.41) is 11.7. The highest BCUT2D eigenvalue weighted by atomic mass is 32.2. The summed E-state index contributed by atoms with van der Waals surface area (Å²) in [7, 11) is -3.62. The number of guanidine groups is 1. The molecule has 0 radical (unpaired) electrons. The molecule has 5 unspecified atom stereocenters. The van der Waals surface area contributed by atoms with Crippen molar-refractivity contribution in [1.29, 1.82) is 0 Å². The predicted octanol–water partition coefficient (Wildman–Crippen LogP) is 0.905. The van der Waals surface area contributed by atoms with Crippen LogP contribution in [0.4, 0.5) is 0 Å². The van der Waals surface area contributed by atoms with E-state index in [2.05, 4.69) is 10.3 Å². The number of aliphatic imine (C=N–C) groups is 1. The number of hydrogen-bond acceptors (Lipinski definition) is 5. The fraction of sp³-hybridized carbons (Fsp3) is 0.857. The molecule has 0 aromatic carbocycles. The molecule has 6 N–H and O–H groups in total. The van der Waals surface area contributed by atoms with Crippen LogP contribution in [0.2, 0.25) is 0 Å². The minimum atomic E-state index is -3.62. The topological polar surface area (TPSA) is 168 Å². The van der Waals surface area contributed by atoms with E-state index in [1.54, 1.807) is 0 Å². The van der Waals surface area contributed by atoms with Crippen molar-refractivity contribution in [2.24, 2.45) is 22.4 Å². The van der Waals surface area contributed by atoms with E-state index < -0.39 is 27.3 Å². The summed E-state index contributed by atoms with van der Waals surface area (Å²) in [5.74, 6) is -1.16. The lowest BCUT2D eigenvalue weighted by atomic mass is 9.84. The van der Waals surface area contributed by atoms with Gasteiger partial charge in [0, 0.05) is 24.5 Å². The largest absolute Gasteiger partial charge is 0.481 e. The van der Waals surface area contributed by atoms with Crippen LogP contribution >= 0.6 is 0 Å². The monoisotopic (exact) mass is 471 g/mol. The SMILES string of the molecule is NC(N)=NC1CCCC(C(=O)NC2CCCC(S(=O)(=O)N3CCCCC3CC(=O)O)C2)C1. The molecule has 3 rings (SSSR count). The summed E-state index contributed by atoms with van der Waals surface area (Å²) in [6, 6.07) is -0.715. The average molecular weight is 472 g/mol. The van der Waals surface area contributed by atoms with Gasteiger partial charge in [-0.25, -0.2) is 8.42 Å². The highest BCUT2D eigenvalue weighted by Crippen LogP contribution is 2.32. The number of piperidine rings is 1. The van der Waals surface area contributed by atoms with E-state index in [1.807, 2.05) is 0 Å². The summed E-state index contributed by atoms with van der Waals surface area (Å²) in [6.07, 6.45) is 7.51. The number of rotatable bonds is 7. The molecule has 2 saturated carbocycles. The summed E-state index contributed by atoms with van der Waals surface area (Å²) in [4.78, 5) is 28.3. The third-order valence-corrected chi connectivity index (χ3v) is 9.46. The van der Waals surface area contributed by atoms with Crippen molar-refractivity contribution >= 4 is 27.9 Å². The van der Waals surface area contributed by atoms with Gasteiger partial charge in [-0.05, 0) is 51.4 Å². The van der Waals surface area contributed by atoms with Crippen LogP contribution in [0, 0.1) is 5.92 Å². The van der Waals surface area contributed by atoms with Crippen molar-refractivity contribution in [3.05, 3.63) is 0 Å². The van der Waals surface area contributed by atoms with E-state index >= 15 is 0 Å². The Kier molecular flexibility index (Phi) is 8.37. The van der Waals surface area contributed by atoms with Crippen LogP contribution in [0.5, 0.6) is 0 Å². The first kappa shape index (κ1) is 24.8. The second kappa shape index (κ2) is 10.8. The molecule has 3 aliphatic rings. The smallest absolute Gasteiger partial charge is 0.304 e. The van der Waals surface area contributed by atoms with Gasteiger partial charge in [0.2, 0.25) is 15.9 Å². The number of carbonyl (C=O) groups is 2. The molecule has 32 heavy (non-hydrogen) atoms. The molecule has 11 heteroatoms. The lowest BCUT2D eigenvalue weighted by Gasteiger charge is -2.39. The van der Waals surface area contributed by atoms with Gasteiger partial charge in [-0.3, -0.25) is 14.6 Å². The van der Waals surface area contributed by atoms with Crippen molar-refractivity contribution in [2.45, 2.75) is 100 Å². The van der Waals surface area contributed by atoms with Crippen LogP contribution in [-0.2, 0) is 19.6 Å². The molecule has 3 fully saturated rings. The third-order valence-electron chi connectivity index (χ3n) is 7.05. The molecule has 182 valence electrons. The van der Waals surface area contributed by atoms with Crippen LogP contribution in [0.1, 0.15) is 77.0 Å². The molecule has 0 aromatic rings. The van der Waals surface area contributed by atoms with E-state index in [-0.39, 0.29) is 36.3 Å². The molecule has 0 spiro atoms. The third kappa shape index (κ3) is 6.34. The van der Waals surface area contributed by atoms with Gasteiger partial charge in [0.15, 0.2) is 5.96 Å². The Hall–Kier alpha value is -1.88. The molecule has 0 bridgehead atoms. The number of aliphatic carboxylic acids is 1. The average Bonchev–Trinajstić information content (AvgIpc) is 2.73. The maximum atomic E-state index is 13.4. The Morgan fingerprint density at radius 1 is 1.00 bits per heavy atom. The zero-order valence-electron chi connectivity index (χ0n) is 18.6. The Balaban J connectivity index is 1.61. The Labute approximate surface area is 190 Å². The lowest BCUT2D eigenvalue weighted by molar-refractivity contribution is -0.138. The number of amides is 1. The van der Waals surface area contributed by atoms with E-state index in [0.717, 1.165) is 38.5 Å². The fourth-order valence-electron chi connectivity index (χ4n) is 5.50. The number of nitrogens with one attached hydrogen (secondary N) is 1. The number of carbonyl (C=O) groups excluding carboxylic acids is 1. The molecule has 0 aromatic heterocycles. The molecule has 1 aliphatic heterocycles. The van der Waals surface area contributed by atoms with Gasteiger partial charge in [0.1, 0.15) is 0 Å². The minimum absolute atomic E-state index is 0.0373. The van der Waals surface area contributed by atoms with Gasteiger partial charge in [-0.15, -0.1) is 0 Å². The van der Waals surface area contributed by atoms with Gasteiger partial charge in [0.25, 0.3) is 0 Å². The lowest BCUT2D eigenvalue weighted by Crippen LogP contribution is -2.51. The normalized spacial score (nSPS) is 32.1. The molecule has 5 atom stereocenters. The van der Waals surface area contributed by atoms with Gasteiger partial charge in [0.05, 0.1) is 17.7 Å². The second-order valence-electron chi connectivity index (χ2n) is 9.47. The van der Waals surface area contributed by atoms with Crippen LogP contribution < -0.4 is 16.8 Å². The fourth-order valence-corrected chi connectivity index (χ4v) is 7.80. The van der Waals surface area contributed by atoms with Crippen LogP contribution in [0.3, 0.4) is 0 Å². The van der Waals surface area contributed by atoms with Crippen molar-refractivity contribution in [2.75, 3.05) is 6.54 Å². The van der Waals surface area contributed by atoms with Gasteiger partial charge >= 0.3 is 5.97 Å². The number of nitrogens with zero attached hydrogens (tertiary/aromatic N) is 2. The molecule has 1 saturated heterocycles. The standard InChI is InChI=1S/C21H37N5O5S/c22-21(23)25-15-6-3-5-14(11-15)20(29)24-16-7-4-9-18(12-16)32(30,31)26-10-2-1-8-17(26)13-19(27)28/h14-18H,1-13H2,(H,24,29)(H,27,28)(H4,22,23,25). The van der Waals surface area contributed by atoms with Crippen LogP contribution in [0.15, 0.2) is 4.99 Å². The Morgan fingerprint density at radius 3 is 2.47 bits per heavy atom. The van der Waals surface area contributed by atoms with Crippen molar-refractivity contribution < 1.29 is 23.1 Å².